The summed E-state index contributed by atoms with van der Waals surface area (Å²) >= 11 is 0. The van der Waals surface area contributed by atoms with Crippen molar-refractivity contribution in [1.82, 2.24) is 0 Å². The molecule has 0 spiro atoms. The Morgan fingerprint density at radius 2 is 1.79 bits per heavy atom. The molecule has 2 rings (SSSR count). The highest BCUT2D eigenvalue weighted by Crippen LogP contribution is 2.18. The number of hydrogen-bond donors (Lipinski definition) is 1. The van der Waals surface area contributed by atoms with Crippen LogP contribution < -0.4 is 5.32 Å². The molecule has 71 valence electrons. The van der Waals surface area contributed by atoms with Crippen LogP contribution in [0.4, 0.5) is 5.69 Å². The van der Waals surface area contributed by atoms with Crippen molar-refractivity contribution in [2.45, 2.75) is 0 Å². The summed E-state index contributed by atoms with van der Waals surface area (Å²) in [5.74, 6) is 0. The summed E-state index contributed by atoms with van der Waals surface area (Å²) in [5, 5.41) is 15.8. The first-order chi connectivity index (χ1) is 6.90. The van der Waals surface area contributed by atoms with E-state index in [0.29, 0.717) is 6.54 Å². The number of rotatable bonds is 3. The fourth-order valence-corrected chi connectivity index (χ4v) is 1.49. The second kappa shape index (κ2) is 4.11. The van der Waals surface area contributed by atoms with E-state index in [-0.39, 0.29) is 6.61 Å². The molecule has 0 saturated carbocycles. The maximum atomic E-state index is 10.3. The summed E-state index contributed by atoms with van der Waals surface area (Å²) in [5.41, 5.74) is 1.01. The van der Waals surface area contributed by atoms with E-state index in [1.54, 1.807) is 0 Å². The van der Waals surface area contributed by atoms with E-state index in [9.17, 15) is 5.11 Å². The zero-order valence-electron chi connectivity index (χ0n) is 7.86. The van der Waals surface area contributed by atoms with Crippen molar-refractivity contribution in [1.29, 1.82) is 0 Å². The topological polar surface area (TPSA) is 31.9 Å². The summed E-state index contributed by atoms with van der Waals surface area (Å²) < 4.78 is 0. The summed E-state index contributed by atoms with van der Waals surface area (Å²) in [7, 11) is 0. The highest BCUT2D eigenvalue weighted by molar-refractivity contribution is 5.85. The van der Waals surface area contributed by atoms with Crippen molar-refractivity contribution in [3.8, 4) is 0 Å². The average molecular weight is 186 g/mol. The van der Waals surface area contributed by atoms with Crippen LogP contribution in [0.3, 0.4) is 0 Å². The molecule has 0 unspecified atom stereocenters. The van der Waals surface area contributed by atoms with Gasteiger partial charge in [-0.2, -0.15) is 0 Å². The van der Waals surface area contributed by atoms with Gasteiger partial charge in [0.15, 0.2) is 0 Å². The van der Waals surface area contributed by atoms with Crippen LogP contribution in [0.5, 0.6) is 0 Å². The van der Waals surface area contributed by atoms with Crippen LogP contribution in [0.1, 0.15) is 0 Å². The van der Waals surface area contributed by atoms with Crippen LogP contribution in [0.15, 0.2) is 42.5 Å². The Morgan fingerprint density at radius 1 is 1.00 bits per heavy atom. The zero-order chi connectivity index (χ0) is 9.80. The van der Waals surface area contributed by atoms with Gasteiger partial charge in [0.2, 0.25) is 0 Å². The number of hydrogen-bond acceptors (Lipinski definition) is 1. The van der Waals surface area contributed by atoms with Crippen molar-refractivity contribution in [3.05, 3.63) is 42.5 Å². The molecule has 0 aromatic heterocycles. The molecule has 0 amide bonds. The molecule has 0 aliphatic carbocycles. The Hall–Kier alpha value is -1.54. The summed E-state index contributed by atoms with van der Waals surface area (Å²) in [6, 6.07) is 14.3. The Kier molecular flexibility index (Phi) is 2.65. The molecule has 0 atom stereocenters. The van der Waals surface area contributed by atoms with Crippen LogP contribution in [0, 0.1) is 0 Å². The first-order valence-corrected chi connectivity index (χ1v) is 4.71. The van der Waals surface area contributed by atoms with Crippen LogP contribution in [-0.4, -0.2) is 13.2 Å². The van der Waals surface area contributed by atoms with Gasteiger partial charge >= 0.3 is 0 Å². The first-order valence-electron chi connectivity index (χ1n) is 4.71. The van der Waals surface area contributed by atoms with Gasteiger partial charge in [0, 0.05) is 12.2 Å². The Bertz CT molecular complexity index is 425. The third kappa shape index (κ3) is 1.86. The second-order valence-electron chi connectivity index (χ2n) is 3.19. The smallest absolute Gasteiger partial charge is 0.0994 e. The molecule has 2 aromatic rings. The van der Waals surface area contributed by atoms with Crippen LogP contribution >= 0.6 is 0 Å². The third-order valence-electron chi connectivity index (χ3n) is 2.18. The highest BCUT2D eigenvalue weighted by Gasteiger charge is 1.94. The molecule has 2 nitrogen and oxygen atoms in total. The average Bonchev–Trinajstić information content (AvgIpc) is 2.26. The summed E-state index contributed by atoms with van der Waals surface area (Å²) in [6.07, 6.45) is 0. The fourth-order valence-electron chi connectivity index (χ4n) is 1.49. The lowest BCUT2D eigenvalue weighted by Crippen LogP contribution is -2.04. The summed E-state index contributed by atoms with van der Waals surface area (Å²) in [6.45, 7) is 0.394. The maximum absolute atomic E-state index is 10.3. The van der Waals surface area contributed by atoms with Gasteiger partial charge < -0.3 is 5.32 Å². The van der Waals surface area contributed by atoms with E-state index in [4.69, 9.17) is 0 Å². The van der Waals surface area contributed by atoms with Gasteiger partial charge in [-0.3, -0.25) is 0 Å². The molecule has 0 aliphatic heterocycles. The molecule has 0 bridgehead atoms. The van der Waals surface area contributed by atoms with Gasteiger partial charge in [0.05, 0.1) is 6.61 Å². The molecule has 2 heteroatoms. The van der Waals surface area contributed by atoms with Gasteiger partial charge in [-0.05, 0) is 22.9 Å². The normalized spacial score (nSPS) is 10.4. The predicted molar refractivity (Wildman–Crippen MR) is 58.0 cm³/mol. The molecule has 1 N–H and O–H groups in total. The quantitative estimate of drug-likeness (QED) is 0.785. The van der Waals surface area contributed by atoms with Crippen molar-refractivity contribution in [2.24, 2.45) is 0 Å². The molecular formula is C12H12NO. The van der Waals surface area contributed by atoms with Crippen molar-refractivity contribution in [3.63, 3.8) is 0 Å². The zero-order valence-corrected chi connectivity index (χ0v) is 7.86. The molecule has 0 heterocycles. The minimum absolute atomic E-state index is 0.0904. The van der Waals surface area contributed by atoms with Crippen LogP contribution in [0.25, 0.3) is 10.8 Å². The molecule has 0 saturated heterocycles. The van der Waals surface area contributed by atoms with Crippen LogP contribution in [0.2, 0.25) is 0 Å². The van der Waals surface area contributed by atoms with E-state index >= 15 is 0 Å². The Labute approximate surface area is 83.2 Å². The van der Waals surface area contributed by atoms with Crippen molar-refractivity contribution < 1.29 is 5.11 Å². The van der Waals surface area contributed by atoms with E-state index in [1.165, 1.54) is 10.8 Å². The predicted octanol–water partition coefficient (Wildman–Crippen LogP) is 2.68. The standard InChI is InChI=1S/C12H12NO/c14-8-7-13-12-6-5-10-3-1-2-4-11(10)9-12/h1-6,9,13H,7-8H2. The monoisotopic (exact) mass is 186 g/mol. The Balaban J connectivity index is 2.32. The minimum atomic E-state index is -0.0904. The number of fused-ring (bicyclic) bond motifs is 1. The van der Waals surface area contributed by atoms with Crippen molar-refractivity contribution in [2.75, 3.05) is 18.5 Å². The lowest BCUT2D eigenvalue weighted by atomic mass is 10.1. The first kappa shape index (κ1) is 9.03. The highest BCUT2D eigenvalue weighted by atomic mass is 16.3. The van der Waals surface area contributed by atoms with Gasteiger partial charge in [-0.25, -0.2) is 5.11 Å². The number of benzene rings is 2. The van der Waals surface area contributed by atoms with E-state index in [1.807, 2.05) is 18.2 Å². The fraction of sp³-hybridized carbons (Fsp3) is 0.167. The van der Waals surface area contributed by atoms with E-state index in [2.05, 4.69) is 29.6 Å². The molecule has 14 heavy (non-hydrogen) atoms. The van der Waals surface area contributed by atoms with Gasteiger partial charge in [0.25, 0.3) is 0 Å². The minimum Gasteiger partial charge on any atom is -0.383 e. The molecule has 0 fully saturated rings. The summed E-state index contributed by atoms with van der Waals surface area (Å²) in [4.78, 5) is 0. The van der Waals surface area contributed by atoms with Gasteiger partial charge in [0.1, 0.15) is 0 Å². The van der Waals surface area contributed by atoms with Gasteiger partial charge in [-0.15, -0.1) is 0 Å². The third-order valence-corrected chi connectivity index (χ3v) is 2.18. The lowest BCUT2D eigenvalue weighted by molar-refractivity contribution is 0.206. The molecular weight excluding hydrogens is 174 g/mol. The van der Waals surface area contributed by atoms with Gasteiger partial charge in [-0.1, -0.05) is 30.3 Å². The molecule has 1 radical (unpaired) electrons. The van der Waals surface area contributed by atoms with E-state index < -0.39 is 0 Å². The second-order valence-corrected chi connectivity index (χ2v) is 3.19. The lowest BCUT2D eigenvalue weighted by Gasteiger charge is -2.04. The number of nitrogens with one attached hydrogen (secondary N) is 1. The van der Waals surface area contributed by atoms with Crippen LogP contribution in [-0.2, 0) is 5.11 Å². The molecule has 2 aromatic carbocycles. The SMILES string of the molecule is [O]CCNc1ccc2ccccc2c1. The Morgan fingerprint density at radius 3 is 2.57 bits per heavy atom. The number of anilines is 1. The van der Waals surface area contributed by atoms with E-state index in [0.717, 1.165) is 5.69 Å². The molecule has 0 aliphatic rings. The van der Waals surface area contributed by atoms with Crippen molar-refractivity contribution >= 4 is 16.5 Å². The maximum Gasteiger partial charge on any atom is 0.0994 e. The largest absolute Gasteiger partial charge is 0.383 e.